The van der Waals surface area contributed by atoms with E-state index in [-0.39, 0.29) is 12.5 Å². The molecule has 0 saturated carbocycles. The first-order valence-corrected chi connectivity index (χ1v) is 10.9. The molecule has 1 fully saturated rings. The third-order valence-electron chi connectivity index (χ3n) is 4.52. The van der Waals surface area contributed by atoms with Gasteiger partial charge in [0.2, 0.25) is 15.9 Å². The highest BCUT2D eigenvalue weighted by atomic mass is 79.9. The van der Waals surface area contributed by atoms with Gasteiger partial charge in [-0.15, -0.1) is 0 Å². The highest BCUT2D eigenvalue weighted by Crippen LogP contribution is 2.24. The average molecular weight is 452 g/mol. The van der Waals surface area contributed by atoms with Crippen molar-refractivity contribution < 1.29 is 13.2 Å². The highest BCUT2D eigenvalue weighted by molar-refractivity contribution is 9.10. The van der Waals surface area contributed by atoms with Gasteiger partial charge in [-0.1, -0.05) is 40.2 Å². The third kappa shape index (κ3) is 4.95. The minimum atomic E-state index is -3.54. The predicted molar refractivity (Wildman–Crippen MR) is 109 cm³/mol. The quantitative estimate of drug-likeness (QED) is 0.758. The Bertz CT molecular complexity index is 911. The number of anilines is 1. The summed E-state index contributed by atoms with van der Waals surface area (Å²) in [5.74, 6) is -0.0969. The van der Waals surface area contributed by atoms with Crippen LogP contribution in [0, 0.1) is 6.92 Å². The standard InChI is InChI=1S/C19H22BrN3O3S/c1-15-7-8-16(20)13-18(15)27(25,26)23-11-9-22(10-12-23)14-19(24)21-17-5-3-2-4-6-17/h2-8,13H,9-12,14H2,1H3,(H,21,24). The Kier molecular flexibility index (Phi) is 6.31. The van der Waals surface area contributed by atoms with Crippen LogP contribution in [0.1, 0.15) is 5.56 Å². The first kappa shape index (κ1) is 20.0. The Morgan fingerprint density at radius 3 is 2.41 bits per heavy atom. The molecule has 1 aliphatic heterocycles. The van der Waals surface area contributed by atoms with Gasteiger partial charge in [-0.05, 0) is 36.8 Å². The number of rotatable bonds is 5. The second kappa shape index (κ2) is 8.52. The number of sulfonamides is 1. The number of nitrogens with one attached hydrogen (secondary N) is 1. The lowest BCUT2D eigenvalue weighted by Gasteiger charge is -2.33. The fourth-order valence-electron chi connectivity index (χ4n) is 3.04. The number of carbonyl (C=O) groups excluding carboxylic acids is 1. The molecule has 2 aromatic rings. The summed E-state index contributed by atoms with van der Waals surface area (Å²) in [6.07, 6.45) is 0. The molecule has 1 N–H and O–H groups in total. The first-order chi connectivity index (χ1) is 12.9. The van der Waals surface area contributed by atoms with Crippen LogP contribution in [0.4, 0.5) is 5.69 Å². The van der Waals surface area contributed by atoms with E-state index in [2.05, 4.69) is 21.2 Å². The number of aryl methyl sites for hydroxylation is 1. The molecule has 0 spiro atoms. The molecule has 0 aromatic heterocycles. The number of carbonyl (C=O) groups is 1. The van der Waals surface area contributed by atoms with Gasteiger partial charge in [0.15, 0.2) is 0 Å². The van der Waals surface area contributed by atoms with Crippen LogP contribution in [0.15, 0.2) is 57.9 Å². The number of hydrogen-bond acceptors (Lipinski definition) is 4. The smallest absolute Gasteiger partial charge is 0.243 e. The van der Waals surface area contributed by atoms with E-state index in [0.717, 1.165) is 15.7 Å². The van der Waals surface area contributed by atoms with Crippen LogP contribution in [0.2, 0.25) is 0 Å². The molecule has 1 saturated heterocycles. The number of halogens is 1. The summed E-state index contributed by atoms with van der Waals surface area (Å²) in [5.41, 5.74) is 1.48. The van der Waals surface area contributed by atoms with Crippen molar-refractivity contribution in [2.45, 2.75) is 11.8 Å². The van der Waals surface area contributed by atoms with Crippen molar-refractivity contribution in [2.24, 2.45) is 0 Å². The Morgan fingerprint density at radius 1 is 1.07 bits per heavy atom. The largest absolute Gasteiger partial charge is 0.325 e. The molecule has 1 amide bonds. The van der Waals surface area contributed by atoms with Crippen LogP contribution in [0.5, 0.6) is 0 Å². The van der Waals surface area contributed by atoms with E-state index >= 15 is 0 Å². The molecule has 1 aliphatic rings. The van der Waals surface area contributed by atoms with Crippen LogP contribution < -0.4 is 5.32 Å². The molecule has 0 radical (unpaired) electrons. The van der Waals surface area contributed by atoms with Crippen LogP contribution in [0.3, 0.4) is 0 Å². The lowest BCUT2D eigenvalue weighted by Crippen LogP contribution is -2.50. The van der Waals surface area contributed by atoms with Crippen molar-refractivity contribution in [3.63, 3.8) is 0 Å². The average Bonchev–Trinajstić information content (AvgIpc) is 2.65. The molecule has 8 heteroatoms. The third-order valence-corrected chi connectivity index (χ3v) is 7.06. The lowest BCUT2D eigenvalue weighted by molar-refractivity contribution is -0.117. The maximum absolute atomic E-state index is 12.9. The fourth-order valence-corrected chi connectivity index (χ4v) is 5.23. The normalized spacial score (nSPS) is 16.2. The molecule has 0 aliphatic carbocycles. The summed E-state index contributed by atoms with van der Waals surface area (Å²) in [6.45, 7) is 3.82. The monoisotopic (exact) mass is 451 g/mol. The molecule has 0 bridgehead atoms. The molecule has 27 heavy (non-hydrogen) atoms. The van der Waals surface area contributed by atoms with Crippen LogP contribution in [-0.4, -0.2) is 56.3 Å². The van der Waals surface area contributed by atoms with Crippen LogP contribution in [-0.2, 0) is 14.8 Å². The van der Waals surface area contributed by atoms with Gasteiger partial charge >= 0.3 is 0 Å². The van der Waals surface area contributed by atoms with Crippen molar-refractivity contribution >= 4 is 37.5 Å². The van der Waals surface area contributed by atoms with E-state index < -0.39 is 10.0 Å². The minimum absolute atomic E-state index is 0.0969. The molecular formula is C19H22BrN3O3S. The van der Waals surface area contributed by atoms with E-state index in [0.29, 0.717) is 31.1 Å². The summed E-state index contributed by atoms with van der Waals surface area (Å²) in [7, 11) is -3.54. The van der Waals surface area contributed by atoms with E-state index in [1.54, 1.807) is 19.1 Å². The zero-order chi connectivity index (χ0) is 19.4. The van der Waals surface area contributed by atoms with Crippen molar-refractivity contribution in [2.75, 3.05) is 38.0 Å². The number of para-hydroxylation sites is 1. The van der Waals surface area contributed by atoms with Gasteiger partial charge in [-0.25, -0.2) is 8.42 Å². The van der Waals surface area contributed by atoms with E-state index in [1.807, 2.05) is 41.3 Å². The van der Waals surface area contributed by atoms with Gasteiger partial charge in [-0.3, -0.25) is 9.69 Å². The zero-order valence-corrected chi connectivity index (χ0v) is 17.5. The van der Waals surface area contributed by atoms with Crippen molar-refractivity contribution in [1.82, 2.24) is 9.21 Å². The van der Waals surface area contributed by atoms with E-state index in [1.165, 1.54) is 4.31 Å². The fraction of sp³-hybridized carbons (Fsp3) is 0.316. The van der Waals surface area contributed by atoms with Gasteiger partial charge in [0.05, 0.1) is 11.4 Å². The SMILES string of the molecule is Cc1ccc(Br)cc1S(=O)(=O)N1CCN(CC(=O)Nc2ccccc2)CC1. The molecule has 0 atom stereocenters. The van der Waals surface area contributed by atoms with Gasteiger partial charge < -0.3 is 5.32 Å². The zero-order valence-electron chi connectivity index (χ0n) is 15.1. The summed E-state index contributed by atoms with van der Waals surface area (Å²) in [4.78, 5) is 14.5. The molecular weight excluding hydrogens is 430 g/mol. The van der Waals surface area contributed by atoms with Gasteiger partial charge in [0.1, 0.15) is 0 Å². The summed E-state index contributed by atoms with van der Waals surface area (Å²) in [5, 5.41) is 2.85. The Hall–Kier alpha value is -1.74. The summed E-state index contributed by atoms with van der Waals surface area (Å²) < 4.78 is 28.1. The topological polar surface area (TPSA) is 69.7 Å². The molecule has 0 unspecified atom stereocenters. The molecule has 2 aromatic carbocycles. The second-order valence-corrected chi connectivity index (χ2v) is 9.33. The Morgan fingerprint density at radius 2 is 1.74 bits per heavy atom. The molecule has 144 valence electrons. The Balaban J connectivity index is 1.58. The summed E-state index contributed by atoms with van der Waals surface area (Å²) in [6, 6.07) is 14.6. The second-order valence-electron chi connectivity index (χ2n) is 6.50. The van der Waals surface area contributed by atoms with E-state index in [4.69, 9.17) is 0 Å². The minimum Gasteiger partial charge on any atom is -0.325 e. The predicted octanol–water partition coefficient (Wildman–Crippen LogP) is 2.70. The van der Waals surface area contributed by atoms with Crippen molar-refractivity contribution in [3.8, 4) is 0 Å². The van der Waals surface area contributed by atoms with Crippen LogP contribution >= 0.6 is 15.9 Å². The van der Waals surface area contributed by atoms with Gasteiger partial charge in [0, 0.05) is 36.3 Å². The number of piperazine rings is 1. The maximum atomic E-state index is 12.9. The molecule has 6 nitrogen and oxygen atoms in total. The Labute approximate surface area is 168 Å². The number of nitrogens with zero attached hydrogens (tertiary/aromatic N) is 2. The van der Waals surface area contributed by atoms with E-state index in [9.17, 15) is 13.2 Å². The first-order valence-electron chi connectivity index (χ1n) is 8.70. The summed E-state index contributed by atoms with van der Waals surface area (Å²) >= 11 is 3.34. The van der Waals surface area contributed by atoms with Crippen molar-refractivity contribution in [3.05, 3.63) is 58.6 Å². The number of hydrogen-bond donors (Lipinski definition) is 1. The molecule has 3 rings (SSSR count). The lowest BCUT2D eigenvalue weighted by atomic mass is 10.2. The van der Waals surface area contributed by atoms with Gasteiger partial charge in [0.25, 0.3) is 0 Å². The van der Waals surface area contributed by atoms with Crippen molar-refractivity contribution in [1.29, 1.82) is 0 Å². The number of amides is 1. The van der Waals surface area contributed by atoms with Crippen LogP contribution in [0.25, 0.3) is 0 Å². The maximum Gasteiger partial charge on any atom is 0.243 e. The number of benzene rings is 2. The molecule has 1 heterocycles. The van der Waals surface area contributed by atoms with Gasteiger partial charge in [-0.2, -0.15) is 4.31 Å². The highest BCUT2D eigenvalue weighted by Gasteiger charge is 2.30.